The van der Waals surface area contributed by atoms with Crippen LogP contribution < -0.4 is 4.90 Å². The Labute approximate surface area is 199 Å². The van der Waals surface area contributed by atoms with Crippen molar-refractivity contribution in [2.75, 3.05) is 11.2 Å². The number of furan rings is 1. The van der Waals surface area contributed by atoms with E-state index in [1.165, 1.54) is 12.3 Å². The van der Waals surface area contributed by atoms with E-state index in [-0.39, 0.29) is 29.2 Å². The number of hydrogen-bond acceptors (Lipinski definition) is 5. The average Bonchev–Trinajstić information content (AvgIpc) is 3.09. The van der Waals surface area contributed by atoms with Gasteiger partial charge in [-0.1, -0.05) is 13.0 Å². The molecule has 4 rings (SSSR count). The Balaban J connectivity index is 1.87. The van der Waals surface area contributed by atoms with E-state index in [0.29, 0.717) is 39.1 Å². The summed E-state index contributed by atoms with van der Waals surface area (Å²) in [6, 6.07) is 8.09. The number of carbonyl (C=O) groups excluding carboxylic acids is 1. The molecule has 1 heterocycles. The van der Waals surface area contributed by atoms with E-state index in [1.807, 2.05) is 13.8 Å². The van der Waals surface area contributed by atoms with Gasteiger partial charge in [0.15, 0.2) is 9.84 Å². The molecule has 0 saturated heterocycles. The van der Waals surface area contributed by atoms with Gasteiger partial charge in [-0.15, -0.1) is 0 Å². The number of carboxylic acids is 1. The van der Waals surface area contributed by atoms with Crippen LogP contribution in [0.2, 0.25) is 0 Å². The van der Waals surface area contributed by atoms with E-state index in [0.717, 1.165) is 25.7 Å². The minimum absolute atomic E-state index is 0.00847. The lowest BCUT2D eigenvalue weighted by atomic mass is 9.82. The fourth-order valence-electron chi connectivity index (χ4n) is 4.98. The van der Waals surface area contributed by atoms with Crippen LogP contribution in [-0.4, -0.2) is 37.7 Å². The van der Waals surface area contributed by atoms with Crippen molar-refractivity contribution in [2.45, 2.75) is 58.2 Å². The van der Waals surface area contributed by atoms with Crippen LogP contribution >= 0.6 is 0 Å². The van der Waals surface area contributed by atoms with E-state index >= 15 is 0 Å². The predicted octanol–water partition coefficient (Wildman–Crippen LogP) is 5.40. The molecular weight excluding hydrogens is 454 g/mol. The molecule has 182 valence electrons. The molecule has 34 heavy (non-hydrogen) atoms. The van der Waals surface area contributed by atoms with Crippen LogP contribution in [0.5, 0.6) is 0 Å². The van der Waals surface area contributed by atoms with Crippen molar-refractivity contribution >= 4 is 49.3 Å². The highest BCUT2D eigenvalue weighted by molar-refractivity contribution is 7.89. The van der Waals surface area contributed by atoms with Crippen molar-refractivity contribution in [3.63, 3.8) is 0 Å². The van der Waals surface area contributed by atoms with Crippen LogP contribution in [0.3, 0.4) is 0 Å². The fraction of sp³-hybridized carbons (Fsp3) is 0.462. The molecule has 0 radical (unpaired) electrons. The zero-order chi connectivity index (χ0) is 24.8. The first-order valence-electron chi connectivity index (χ1n) is 11.7. The second-order valence-electron chi connectivity index (χ2n) is 9.93. The maximum absolute atomic E-state index is 13.6. The molecule has 1 aliphatic rings. The monoisotopic (exact) mass is 485 g/mol. The van der Waals surface area contributed by atoms with Crippen molar-refractivity contribution in [1.29, 1.82) is 0 Å². The average molecular weight is 486 g/mol. The van der Waals surface area contributed by atoms with Crippen LogP contribution in [0.25, 0.3) is 21.9 Å². The first kappa shape index (κ1) is 24.3. The summed E-state index contributed by atoms with van der Waals surface area (Å²) in [6.07, 6.45) is 4.76. The van der Waals surface area contributed by atoms with Gasteiger partial charge in [0.1, 0.15) is 11.2 Å². The molecule has 0 unspecified atom stereocenters. The van der Waals surface area contributed by atoms with Crippen molar-refractivity contribution < 1.29 is 27.5 Å². The Morgan fingerprint density at radius 3 is 2.29 bits per heavy atom. The summed E-state index contributed by atoms with van der Waals surface area (Å²) in [5.74, 6) is -0.814. The highest BCUT2D eigenvalue weighted by Crippen LogP contribution is 2.38. The van der Waals surface area contributed by atoms with Crippen molar-refractivity contribution in [3.8, 4) is 0 Å². The highest BCUT2D eigenvalue weighted by Gasteiger charge is 2.33. The summed E-state index contributed by atoms with van der Waals surface area (Å²) in [6.45, 7) is 5.97. The van der Waals surface area contributed by atoms with Gasteiger partial charge in [-0.3, -0.25) is 4.79 Å². The number of carbonyl (C=O) groups is 2. The summed E-state index contributed by atoms with van der Waals surface area (Å²) < 4.78 is 29.5. The Bertz CT molecular complexity index is 1360. The van der Waals surface area contributed by atoms with Crippen LogP contribution in [0.1, 0.15) is 62.4 Å². The molecule has 1 fully saturated rings. The lowest BCUT2D eigenvalue weighted by Crippen LogP contribution is -2.42. The second-order valence-corrected chi connectivity index (χ2v) is 12.1. The Kier molecular flexibility index (Phi) is 6.46. The maximum atomic E-state index is 13.6. The lowest BCUT2D eigenvalue weighted by molar-refractivity contribution is -0.123. The molecule has 0 bridgehead atoms. The molecule has 1 amide bonds. The number of anilines is 1. The smallest absolute Gasteiger partial charge is 0.337 e. The summed E-state index contributed by atoms with van der Waals surface area (Å²) in [7, 11) is -3.22. The number of benzene rings is 2. The van der Waals surface area contributed by atoms with Crippen molar-refractivity contribution in [2.24, 2.45) is 11.8 Å². The number of hydrogen-bond donors (Lipinski definition) is 1. The van der Waals surface area contributed by atoms with Crippen LogP contribution in [0, 0.1) is 11.8 Å². The fourth-order valence-corrected chi connectivity index (χ4v) is 5.76. The zero-order valence-electron chi connectivity index (χ0n) is 20.0. The second kappa shape index (κ2) is 9.06. The van der Waals surface area contributed by atoms with Gasteiger partial charge in [0.05, 0.1) is 17.0 Å². The number of nitrogens with zero attached hydrogens (tertiary/aromatic N) is 1. The number of aromatic carboxylic acids is 1. The largest absolute Gasteiger partial charge is 0.478 e. The molecule has 7 nitrogen and oxygen atoms in total. The Morgan fingerprint density at radius 1 is 1.06 bits per heavy atom. The third-order valence-electron chi connectivity index (χ3n) is 6.69. The molecule has 8 heteroatoms. The van der Waals surface area contributed by atoms with E-state index < -0.39 is 15.8 Å². The molecule has 0 aliphatic heterocycles. The molecule has 1 N–H and O–H groups in total. The first-order valence-corrected chi connectivity index (χ1v) is 13.7. The molecule has 2 aromatic carbocycles. The van der Waals surface area contributed by atoms with Gasteiger partial charge in [0.2, 0.25) is 5.91 Å². The number of fused-ring (bicyclic) bond motifs is 3. The number of sulfone groups is 1. The number of amides is 1. The third-order valence-corrected chi connectivity index (χ3v) is 7.55. The maximum Gasteiger partial charge on any atom is 0.337 e. The molecular formula is C26H31NO6S. The van der Waals surface area contributed by atoms with Gasteiger partial charge < -0.3 is 14.4 Å². The minimum atomic E-state index is -3.22. The van der Waals surface area contributed by atoms with Gasteiger partial charge in [0, 0.05) is 29.0 Å². The molecule has 1 aromatic heterocycles. The third kappa shape index (κ3) is 4.82. The van der Waals surface area contributed by atoms with Gasteiger partial charge in [0.25, 0.3) is 0 Å². The Morgan fingerprint density at radius 2 is 1.71 bits per heavy atom. The molecule has 1 aliphatic carbocycles. The predicted molar refractivity (Wildman–Crippen MR) is 133 cm³/mol. The summed E-state index contributed by atoms with van der Waals surface area (Å²) >= 11 is 0. The van der Waals surface area contributed by atoms with E-state index in [2.05, 4.69) is 6.92 Å². The quantitative estimate of drug-likeness (QED) is 0.501. The lowest BCUT2D eigenvalue weighted by Gasteiger charge is -2.34. The zero-order valence-corrected chi connectivity index (χ0v) is 20.8. The summed E-state index contributed by atoms with van der Waals surface area (Å²) in [4.78, 5) is 27.4. The van der Waals surface area contributed by atoms with Gasteiger partial charge >= 0.3 is 5.97 Å². The van der Waals surface area contributed by atoms with Crippen LogP contribution in [-0.2, 0) is 20.4 Å². The topological polar surface area (TPSA) is 105 Å². The van der Waals surface area contributed by atoms with E-state index in [4.69, 9.17) is 4.42 Å². The summed E-state index contributed by atoms with van der Waals surface area (Å²) in [5.41, 5.74) is 1.89. The minimum Gasteiger partial charge on any atom is -0.478 e. The van der Waals surface area contributed by atoms with Crippen LogP contribution in [0.4, 0.5) is 5.69 Å². The first-order chi connectivity index (χ1) is 15.9. The molecule has 0 atom stereocenters. The number of carboxylic acid groups (broad SMARTS) is 1. The van der Waals surface area contributed by atoms with Crippen LogP contribution in [0.15, 0.2) is 34.7 Å². The normalized spacial score (nSPS) is 19.1. The molecule has 0 spiro atoms. The van der Waals surface area contributed by atoms with Gasteiger partial charge in [-0.25, -0.2) is 13.2 Å². The molecule has 3 aromatic rings. The Hall–Kier alpha value is -2.87. The standard InChI is InChI=1S/C26H31NO6S/c1-15(2)27(25(28)18-8-5-16(3)6-9-18)22-12-20-19-11-17(14-34(4,31)32)7-10-23(19)33-24(20)13-21(22)26(29)30/h7,10-13,15-16,18H,5-6,8-9,14H2,1-4H3,(H,29,30). The van der Waals surface area contributed by atoms with Crippen molar-refractivity contribution in [1.82, 2.24) is 0 Å². The van der Waals surface area contributed by atoms with Gasteiger partial charge in [-0.2, -0.15) is 0 Å². The highest BCUT2D eigenvalue weighted by atomic mass is 32.2. The van der Waals surface area contributed by atoms with Crippen molar-refractivity contribution in [3.05, 3.63) is 41.5 Å². The summed E-state index contributed by atoms with van der Waals surface area (Å²) in [5, 5.41) is 11.3. The SMILES string of the molecule is CC1CCC(C(=O)N(c2cc3c(cc2C(=O)O)oc2ccc(CS(C)(=O)=O)cc23)C(C)C)CC1. The number of rotatable bonds is 6. The van der Waals surface area contributed by atoms with Gasteiger partial charge in [-0.05, 0) is 75.3 Å². The molecule has 1 saturated carbocycles. The van der Waals surface area contributed by atoms with E-state index in [1.54, 1.807) is 29.2 Å². The van der Waals surface area contributed by atoms with E-state index in [9.17, 15) is 23.1 Å².